The molecule has 0 unspecified atom stereocenters. The molecule has 0 spiro atoms. The number of nitrogens with one attached hydrogen (secondary N) is 1. The van der Waals surface area contributed by atoms with Gasteiger partial charge in [-0.25, -0.2) is 18.4 Å². The second kappa shape index (κ2) is 12.2. The summed E-state index contributed by atoms with van der Waals surface area (Å²) in [7, 11) is -2.55. The Labute approximate surface area is 264 Å². The molecule has 2 heterocycles. The molecule has 0 aliphatic carbocycles. The summed E-state index contributed by atoms with van der Waals surface area (Å²) in [6.07, 6.45) is 3.15. The zero-order valence-corrected chi connectivity index (χ0v) is 21.8. The number of benzene rings is 2. The first-order chi connectivity index (χ1) is 17.1. The average molecular weight is 565 g/mol. The van der Waals surface area contributed by atoms with Crippen molar-refractivity contribution in [3.63, 3.8) is 0 Å². The van der Waals surface area contributed by atoms with Crippen LogP contribution in [0, 0.1) is 0 Å². The standard InChI is InChI=1S/C26H25ClN4O4S.K.H/c1-26(2,3)18-9-11-19(12-10-18)36(32,33)31-25-22(35-21-8-6-5-7-20(21)34-4)23(27)29-24(30-25)17-13-15-28-16-14-17;;/h5-16H,1-4H3,(H,29,30,31);;. The molecule has 0 saturated heterocycles. The van der Waals surface area contributed by atoms with Crippen LogP contribution >= 0.6 is 11.6 Å². The van der Waals surface area contributed by atoms with Crippen molar-refractivity contribution in [2.45, 2.75) is 31.1 Å². The average Bonchev–Trinajstić information content (AvgIpc) is 2.86. The van der Waals surface area contributed by atoms with Gasteiger partial charge in [-0.3, -0.25) is 9.71 Å². The van der Waals surface area contributed by atoms with Gasteiger partial charge in [-0.1, -0.05) is 56.6 Å². The summed E-state index contributed by atoms with van der Waals surface area (Å²) in [5.41, 5.74) is 1.49. The van der Waals surface area contributed by atoms with Gasteiger partial charge in [0.1, 0.15) is 0 Å². The van der Waals surface area contributed by atoms with Crippen molar-refractivity contribution >= 4 is 78.8 Å². The quantitative estimate of drug-likeness (QED) is 0.235. The van der Waals surface area contributed by atoms with Gasteiger partial charge >= 0.3 is 51.4 Å². The Hall–Kier alpha value is -2.05. The minimum absolute atomic E-state index is 0. The van der Waals surface area contributed by atoms with Gasteiger partial charge < -0.3 is 9.47 Å². The number of aromatic nitrogens is 3. The predicted molar refractivity (Wildman–Crippen MR) is 146 cm³/mol. The van der Waals surface area contributed by atoms with Crippen molar-refractivity contribution in [3.8, 4) is 28.6 Å². The number of hydrogen-bond acceptors (Lipinski definition) is 7. The number of nitrogens with zero attached hydrogens (tertiary/aromatic N) is 3. The molecular formula is C26H26ClKN4O4S. The molecule has 0 atom stereocenters. The van der Waals surface area contributed by atoms with Crippen LogP contribution < -0.4 is 14.2 Å². The number of halogens is 1. The third kappa shape index (κ3) is 7.08. The molecule has 0 saturated carbocycles. The van der Waals surface area contributed by atoms with Crippen molar-refractivity contribution in [1.29, 1.82) is 0 Å². The van der Waals surface area contributed by atoms with Gasteiger partial charge in [0.25, 0.3) is 10.0 Å². The summed E-state index contributed by atoms with van der Waals surface area (Å²) in [6, 6.07) is 17.0. The number of anilines is 1. The molecule has 2 aromatic heterocycles. The van der Waals surface area contributed by atoms with Crippen LogP contribution in [0.3, 0.4) is 0 Å². The molecule has 0 aliphatic rings. The Balaban J connectivity index is 0.00000380. The van der Waals surface area contributed by atoms with Gasteiger partial charge in [0.2, 0.25) is 5.75 Å². The van der Waals surface area contributed by atoms with Crippen LogP contribution in [-0.2, 0) is 15.4 Å². The van der Waals surface area contributed by atoms with E-state index in [-0.39, 0.29) is 84.2 Å². The van der Waals surface area contributed by atoms with Gasteiger partial charge in [0.05, 0.1) is 12.0 Å². The normalized spacial score (nSPS) is 11.4. The van der Waals surface area contributed by atoms with Gasteiger partial charge in [-0.2, -0.15) is 0 Å². The second-order valence-corrected chi connectivity index (χ2v) is 10.9. The number of para-hydroxylation sites is 2. The second-order valence-electron chi connectivity index (χ2n) is 8.88. The molecule has 0 fully saturated rings. The molecule has 188 valence electrons. The topological polar surface area (TPSA) is 103 Å². The van der Waals surface area contributed by atoms with E-state index in [1.807, 2.05) is 0 Å². The van der Waals surface area contributed by atoms with Gasteiger partial charge in [0.15, 0.2) is 28.3 Å². The van der Waals surface area contributed by atoms with E-state index in [1.54, 1.807) is 73.1 Å². The van der Waals surface area contributed by atoms with Gasteiger partial charge in [0, 0.05) is 18.0 Å². The molecule has 0 amide bonds. The van der Waals surface area contributed by atoms with E-state index in [4.69, 9.17) is 21.1 Å². The summed E-state index contributed by atoms with van der Waals surface area (Å²) < 4.78 is 40.5. The third-order valence-corrected chi connectivity index (χ3v) is 6.92. The molecule has 0 aliphatic heterocycles. The number of rotatable bonds is 7. The Morgan fingerprint density at radius 1 is 0.892 bits per heavy atom. The zero-order valence-electron chi connectivity index (χ0n) is 20.2. The van der Waals surface area contributed by atoms with Crippen LogP contribution in [-0.4, -0.2) is 81.9 Å². The summed E-state index contributed by atoms with van der Waals surface area (Å²) >= 11 is 6.51. The van der Waals surface area contributed by atoms with Crippen molar-refractivity contribution < 1.29 is 17.9 Å². The first kappa shape index (κ1) is 29.5. The number of methoxy groups -OCH3 is 1. The van der Waals surface area contributed by atoms with Gasteiger partial charge in [-0.05, 0) is 47.4 Å². The first-order valence-electron chi connectivity index (χ1n) is 11.0. The van der Waals surface area contributed by atoms with Crippen molar-refractivity contribution in [3.05, 3.63) is 83.8 Å². The van der Waals surface area contributed by atoms with E-state index in [9.17, 15) is 8.42 Å². The molecule has 11 heteroatoms. The minimum atomic E-state index is -4.04. The van der Waals surface area contributed by atoms with Gasteiger partial charge in [-0.15, -0.1) is 0 Å². The molecule has 37 heavy (non-hydrogen) atoms. The molecular weight excluding hydrogens is 539 g/mol. The fourth-order valence-electron chi connectivity index (χ4n) is 3.35. The third-order valence-electron chi connectivity index (χ3n) is 5.31. The Bertz CT molecular complexity index is 1480. The molecule has 0 bridgehead atoms. The predicted octanol–water partition coefficient (Wildman–Crippen LogP) is 5.44. The maximum absolute atomic E-state index is 13.3. The zero-order chi connectivity index (χ0) is 25.9. The summed E-state index contributed by atoms with van der Waals surface area (Å²) in [5, 5.41) is -0.0801. The van der Waals surface area contributed by atoms with E-state index < -0.39 is 10.0 Å². The van der Waals surface area contributed by atoms with Crippen LogP contribution in [0.4, 0.5) is 5.82 Å². The van der Waals surface area contributed by atoms with Crippen LogP contribution in [0.15, 0.2) is 78.0 Å². The Kier molecular flexibility index (Phi) is 9.73. The molecule has 0 radical (unpaired) electrons. The van der Waals surface area contributed by atoms with Crippen molar-refractivity contribution in [2.75, 3.05) is 11.8 Å². The Morgan fingerprint density at radius 3 is 2.11 bits per heavy atom. The Morgan fingerprint density at radius 2 is 1.51 bits per heavy atom. The maximum atomic E-state index is 13.3. The summed E-state index contributed by atoms with van der Waals surface area (Å²) in [5.74, 6) is 0.771. The molecule has 2 aromatic carbocycles. The van der Waals surface area contributed by atoms with E-state index in [1.165, 1.54) is 7.11 Å². The van der Waals surface area contributed by atoms with Crippen molar-refractivity contribution in [1.82, 2.24) is 15.0 Å². The van der Waals surface area contributed by atoms with E-state index >= 15 is 0 Å². The molecule has 4 aromatic rings. The van der Waals surface area contributed by atoms with E-state index in [0.717, 1.165) is 5.56 Å². The molecule has 1 N–H and O–H groups in total. The van der Waals surface area contributed by atoms with E-state index in [2.05, 4.69) is 40.4 Å². The summed E-state index contributed by atoms with van der Waals surface area (Å²) in [6.45, 7) is 6.17. The number of sulfonamides is 1. The number of ether oxygens (including phenoxy) is 2. The first-order valence-corrected chi connectivity index (χ1v) is 12.9. The molecule has 4 rings (SSSR count). The fourth-order valence-corrected chi connectivity index (χ4v) is 4.56. The SMILES string of the molecule is COc1ccccc1Oc1c(Cl)nc(-c2ccncc2)nc1NS(=O)(=O)c1ccc(C(C)(C)C)cc1.[KH]. The van der Waals surface area contributed by atoms with Crippen LogP contribution in [0.2, 0.25) is 5.15 Å². The van der Waals surface area contributed by atoms with Crippen molar-refractivity contribution in [2.24, 2.45) is 0 Å². The molecule has 8 nitrogen and oxygen atoms in total. The van der Waals surface area contributed by atoms with Crippen LogP contribution in [0.5, 0.6) is 17.2 Å². The monoisotopic (exact) mass is 564 g/mol. The fraction of sp³-hybridized carbons (Fsp3) is 0.192. The van der Waals surface area contributed by atoms with Crippen LogP contribution in [0.1, 0.15) is 26.3 Å². The number of hydrogen-bond donors (Lipinski definition) is 1. The van der Waals surface area contributed by atoms with E-state index in [0.29, 0.717) is 17.1 Å². The summed E-state index contributed by atoms with van der Waals surface area (Å²) in [4.78, 5) is 12.8. The van der Waals surface area contributed by atoms with Crippen LogP contribution in [0.25, 0.3) is 11.4 Å². The number of pyridine rings is 1.